The van der Waals surface area contributed by atoms with Gasteiger partial charge in [0, 0.05) is 10.9 Å². The molecule has 1 saturated heterocycles. The van der Waals surface area contributed by atoms with E-state index in [9.17, 15) is 9.59 Å². The van der Waals surface area contributed by atoms with E-state index < -0.39 is 11.9 Å². The number of carbonyl (C=O) groups excluding carboxylic acids is 2. The van der Waals surface area contributed by atoms with Crippen LogP contribution in [0, 0.1) is 0 Å². The second-order valence-corrected chi connectivity index (χ2v) is 5.05. The Kier molecular flexibility index (Phi) is 3.91. The molecule has 1 aliphatic heterocycles. The average Bonchev–Trinajstić information content (AvgIpc) is 2.77. The monoisotopic (exact) mass is 253 g/mol. The number of hydrogen-bond acceptors (Lipinski definition) is 5. The van der Waals surface area contributed by atoms with Crippen LogP contribution >= 0.6 is 11.3 Å². The van der Waals surface area contributed by atoms with Gasteiger partial charge in [-0.3, -0.25) is 14.5 Å². The Hall–Kier alpha value is -1.20. The number of rotatable bonds is 4. The summed E-state index contributed by atoms with van der Waals surface area (Å²) in [6.07, 6.45) is 1.96. The van der Waals surface area contributed by atoms with Crippen LogP contribution < -0.4 is 0 Å². The van der Waals surface area contributed by atoms with Crippen molar-refractivity contribution in [3.63, 3.8) is 0 Å². The number of carbonyl (C=O) groups is 2. The van der Waals surface area contributed by atoms with Crippen LogP contribution in [0.4, 0.5) is 0 Å². The minimum atomic E-state index is -0.445. The molecule has 0 radical (unpaired) electrons. The van der Waals surface area contributed by atoms with Gasteiger partial charge in [0.05, 0.1) is 13.1 Å². The molecule has 0 N–H and O–H groups in total. The quantitative estimate of drug-likeness (QED) is 0.608. The number of morpholine rings is 1. The predicted octanol–water partition coefficient (Wildman–Crippen LogP) is 1.97. The van der Waals surface area contributed by atoms with Crippen molar-refractivity contribution in [1.82, 2.24) is 4.90 Å². The summed E-state index contributed by atoms with van der Waals surface area (Å²) in [4.78, 5) is 25.7. The van der Waals surface area contributed by atoms with E-state index >= 15 is 0 Å². The molecule has 0 aromatic carbocycles. The van der Waals surface area contributed by atoms with Crippen LogP contribution in [0.1, 0.15) is 30.7 Å². The molecule has 2 heterocycles. The van der Waals surface area contributed by atoms with Gasteiger partial charge in [0.15, 0.2) is 0 Å². The van der Waals surface area contributed by atoms with Crippen molar-refractivity contribution >= 4 is 23.3 Å². The van der Waals surface area contributed by atoms with Crippen molar-refractivity contribution < 1.29 is 14.3 Å². The summed E-state index contributed by atoms with van der Waals surface area (Å²) in [5, 5.41) is 2.02. The number of hydrogen-bond donors (Lipinski definition) is 0. The maximum Gasteiger partial charge on any atom is 0.327 e. The van der Waals surface area contributed by atoms with Crippen LogP contribution in [0.5, 0.6) is 0 Å². The lowest BCUT2D eigenvalue weighted by Gasteiger charge is -2.31. The molecule has 2 rings (SSSR count). The fourth-order valence-corrected chi connectivity index (χ4v) is 2.95. The van der Waals surface area contributed by atoms with E-state index in [1.165, 1.54) is 4.88 Å². The highest BCUT2D eigenvalue weighted by molar-refractivity contribution is 7.10. The number of cyclic esters (lactones) is 2. The van der Waals surface area contributed by atoms with Crippen molar-refractivity contribution in [2.75, 3.05) is 13.1 Å². The first-order chi connectivity index (χ1) is 8.20. The van der Waals surface area contributed by atoms with Gasteiger partial charge in [-0.15, -0.1) is 11.3 Å². The van der Waals surface area contributed by atoms with Gasteiger partial charge in [0.1, 0.15) is 0 Å². The number of thiophene rings is 1. The van der Waals surface area contributed by atoms with E-state index in [0.29, 0.717) is 0 Å². The predicted molar refractivity (Wildman–Crippen MR) is 64.6 cm³/mol. The molecular weight excluding hydrogens is 238 g/mol. The summed E-state index contributed by atoms with van der Waals surface area (Å²) >= 11 is 1.66. The van der Waals surface area contributed by atoms with Crippen LogP contribution in [0.25, 0.3) is 0 Å². The lowest BCUT2D eigenvalue weighted by Crippen LogP contribution is -2.44. The minimum absolute atomic E-state index is 0.150. The SMILES string of the molecule is CCCC(c1cccs1)N1CC(=O)OC(=O)C1. The zero-order valence-electron chi connectivity index (χ0n) is 9.72. The maximum absolute atomic E-state index is 11.3. The van der Waals surface area contributed by atoms with Gasteiger partial charge >= 0.3 is 11.9 Å². The standard InChI is InChI=1S/C12H15NO3S/c1-2-4-9(10-5-3-6-17-10)13-7-11(14)16-12(15)8-13/h3,5-6,9H,2,4,7-8H2,1H3. The Balaban J connectivity index is 2.15. The highest BCUT2D eigenvalue weighted by atomic mass is 32.1. The maximum atomic E-state index is 11.3. The smallest absolute Gasteiger partial charge is 0.327 e. The van der Waals surface area contributed by atoms with E-state index in [1.807, 2.05) is 16.3 Å². The third-order valence-electron chi connectivity index (χ3n) is 2.77. The normalized spacial score (nSPS) is 19.1. The highest BCUT2D eigenvalue weighted by Gasteiger charge is 2.30. The molecule has 0 spiro atoms. The third kappa shape index (κ3) is 2.92. The first-order valence-electron chi connectivity index (χ1n) is 5.71. The third-order valence-corrected chi connectivity index (χ3v) is 3.74. The molecule has 0 saturated carbocycles. The molecule has 1 aliphatic rings. The molecule has 92 valence electrons. The van der Waals surface area contributed by atoms with Gasteiger partial charge in [-0.05, 0) is 17.9 Å². The largest absolute Gasteiger partial charge is 0.391 e. The van der Waals surface area contributed by atoms with Gasteiger partial charge in [-0.1, -0.05) is 19.4 Å². The van der Waals surface area contributed by atoms with Gasteiger partial charge in [-0.2, -0.15) is 0 Å². The van der Waals surface area contributed by atoms with E-state index in [4.69, 9.17) is 0 Å². The first-order valence-corrected chi connectivity index (χ1v) is 6.59. The molecule has 1 fully saturated rings. The first kappa shape index (κ1) is 12.3. The van der Waals surface area contributed by atoms with Crippen molar-refractivity contribution in [1.29, 1.82) is 0 Å². The summed E-state index contributed by atoms with van der Waals surface area (Å²) in [6.45, 7) is 2.51. The van der Waals surface area contributed by atoms with Gasteiger partial charge < -0.3 is 4.74 Å². The highest BCUT2D eigenvalue weighted by Crippen LogP contribution is 2.30. The Labute approximate surface area is 104 Å². The molecule has 17 heavy (non-hydrogen) atoms. The van der Waals surface area contributed by atoms with E-state index in [1.54, 1.807) is 11.3 Å². The number of nitrogens with zero attached hydrogens (tertiary/aromatic N) is 1. The second kappa shape index (κ2) is 5.42. The van der Waals surface area contributed by atoms with Crippen LogP contribution in [0.15, 0.2) is 17.5 Å². The zero-order chi connectivity index (χ0) is 12.3. The van der Waals surface area contributed by atoms with Gasteiger partial charge in [-0.25, -0.2) is 0 Å². The second-order valence-electron chi connectivity index (χ2n) is 4.07. The molecule has 0 amide bonds. The van der Waals surface area contributed by atoms with Crippen LogP contribution in [0.2, 0.25) is 0 Å². The summed E-state index contributed by atoms with van der Waals surface area (Å²) in [5.74, 6) is -0.891. The van der Waals surface area contributed by atoms with Crippen molar-refractivity contribution in [3.8, 4) is 0 Å². The zero-order valence-corrected chi connectivity index (χ0v) is 10.5. The minimum Gasteiger partial charge on any atom is -0.391 e. The van der Waals surface area contributed by atoms with Crippen LogP contribution in [0.3, 0.4) is 0 Å². The summed E-state index contributed by atoms with van der Waals surface area (Å²) in [5.41, 5.74) is 0. The molecule has 0 bridgehead atoms. The fraction of sp³-hybridized carbons (Fsp3) is 0.500. The summed E-state index contributed by atoms with van der Waals surface area (Å²) < 4.78 is 4.55. The average molecular weight is 253 g/mol. The Morgan fingerprint density at radius 3 is 2.65 bits per heavy atom. The van der Waals surface area contributed by atoms with Gasteiger partial charge in [0.2, 0.25) is 0 Å². The number of esters is 2. The summed E-state index contributed by atoms with van der Waals surface area (Å²) in [6, 6.07) is 4.19. The van der Waals surface area contributed by atoms with E-state index in [-0.39, 0.29) is 19.1 Å². The lowest BCUT2D eigenvalue weighted by molar-refractivity contribution is -0.168. The topological polar surface area (TPSA) is 46.6 Å². The number of ether oxygens (including phenoxy) is 1. The molecule has 1 atom stereocenters. The molecule has 0 aliphatic carbocycles. The molecule has 4 nitrogen and oxygen atoms in total. The van der Waals surface area contributed by atoms with Crippen LogP contribution in [-0.4, -0.2) is 29.9 Å². The Bertz CT molecular complexity index is 386. The Morgan fingerprint density at radius 2 is 2.12 bits per heavy atom. The Morgan fingerprint density at radius 1 is 1.41 bits per heavy atom. The van der Waals surface area contributed by atoms with Crippen LogP contribution in [-0.2, 0) is 14.3 Å². The molecule has 5 heteroatoms. The van der Waals surface area contributed by atoms with Gasteiger partial charge in [0.25, 0.3) is 0 Å². The molecule has 1 unspecified atom stereocenters. The lowest BCUT2D eigenvalue weighted by atomic mass is 10.1. The van der Waals surface area contributed by atoms with E-state index in [2.05, 4.69) is 17.7 Å². The van der Waals surface area contributed by atoms with Crippen molar-refractivity contribution in [2.24, 2.45) is 0 Å². The molecule has 1 aromatic heterocycles. The summed E-state index contributed by atoms with van der Waals surface area (Å²) in [7, 11) is 0. The van der Waals surface area contributed by atoms with Crippen molar-refractivity contribution in [2.45, 2.75) is 25.8 Å². The fourth-order valence-electron chi connectivity index (χ4n) is 2.06. The van der Waals surface area contributed by atoms with E-state index in [0.717, 1.165) is 12.8 Å². The molecular formula is C12H15NO3S. The van der Waals surface area contributed by atoms with Crippen molar-refractivity contribution in [3.05, 3.63) is 22.4 Å². The molecule has 1 aromatic rings.